The number of hydrogen-bond acceptors (Lipinski definition) is 3. The number of methoxy groups -OCH3 is 1. The third-order valence-corrected chi connectivity index (χ3v) is 4.94. The molecule has 2 rings (SSSR count). The zero-order valence-electron chi connectivity index (χ0n) is 16.1. The largest absolute Gasteiger partial charge is 0.379 e. The maximum atomic E-state index is 12.9. The average molecular weight is 379 g/mol. The molecule has 0 radical (unpaired) electrons. The number of urea groups is 1. The van der Waals surface area contributed by atoms with Crippen molar-refractivity contribution in [3.63, 3.8) is 0 Å². The first-order valence-electron chi connectivity index (χ1n) is 9.62. The van der Waals surface area contributed by atoms with Crippen LogP contribution in [-0.2, 0) is 16.0 Å². The van der Waals surface area contributed by atoms with Gasteiger partial charge in [0.15, 0.2) is 0 Å². The molecular formula is C20H30FN3O3. The lowest BCUT2D eigenvalue weighted by molar-refractivity contribution is -0.127. The van der Waals surface area contributed by atoms with Gasteiger partial charge in [0.05, 0.1) is 12.1 Å². The highest BCUT2D eigenvalue weighted by Gasteiger charge is 2.34. The maximum absolute atomic E-state index is 12.9. The lowest BCUT2D eigenvalue weighted by Crippen LogP contribution is -2.52. The highest BCUT2D eigenvalue weighted by Crippen LogP contribution is 2.26. The average Bonchev–Trinajstić information content (AvgIpc) is 2.67. The molecule has 3 atom stereocenters. The van der Waals surface area contributed by atoms with Gasteiger partial charge in [0.2, 0.25) is 5.91 Å². The number of carbonyl (C=O) groups is 2. The van der Waals surface area contributed by atoms with E-state index in [0.717, 1.165) is 24.8 Å². The second kappa shape index (κ2) is 10.9. The number of benzene rings is 1. The highest BCUT2D eigenvalue weighted by atomic mass is 19.1. The monoisotopic (exact) mass is 379 g/mol. The van der Waals surface area contributed by atoms with Crippen molar-refractivity contribution in [1.29, 1.82) is 0 Å². The molecule has 0 heterocycles. The van der Waals surface area contributed by atoms with E-state index < -0.39 is 0 Å². The Morgan fingerprint density at radius 2 is 1.89 bits per heavy atom. The SMILES string of the molecule is CCCNC(=O)N[C@@H]1C[C@@H](C(=O)NCCc2ccc(F)cc2)CC[C@H]1OC. The summed E-state index contributed by atoms with van der Waals surface area (Å²) in [5.74, 6) is -0.423. The first kappa shape index (κ1) is 21.2. The van der Waals surface area contributed by atoms with Crippen LogP contribution >= 0.6 is 0 Å². The number of halogens is 1. The lowest BCUT2D eigenvalue weighted by Gasteiger charge is -2.35. The second-order valence-electron chi connectivity index (χ2n) is 6.96. The van der Waals surface area contributed by atoms with Gasteiger partial charge >= 0.3 is 6.03 Å². The van der Waals surface area contributed by atoms with Crippen LogP contribution in [0.15, 0.2) is 24.3 Å². The van der Waals surface area contributed by atoms with Crippen LogP contribution in [0.25, 0.3) is 0 Å². The smallest absolute Gasteiger partial charge is 0.315 e. The van der Waals surface area contributed by atoms with E-state index in [9.17, 15) is 14.0 Å². The van der Waals surface area contributed by atoms with Crippen molar-refractivity contribution in [2.24, 2.45) is 5.92 Å². The van der Waals surface area contributed by atoms with Gasteiger partial charge in [0.1, 0.15) is 5.82 Å². The molecule has 1 aliphatic rings. The molecule has 0 bridgehead atoms. The molecule has 150 valence electrons. The van der Waals surface area contributed by atoms with Crippen molar-refractivity contribution >= 4 is 11.9 Å². The van der Waals surface area contributed by atoms with Gasteiger partial charge in [-0.25, -0.2) is 9.18 Å². The zero-order valence-corrected chi connectivity index (χ0v) is 16.1. The summed E-state index contributed by atoms with van der Waals surface area (Å²) < 4.78 is 18.4. The van der Waals surface area contributed by atoms with Crippen LogP contribution in [-0.4, -0.2) is 44.3 Å². The van der Waals surface area contributed by atoms with Crippen molar-refractivity contribution in [2.45, 2.75) is 51.2 Å². The van der Waals surface area contributed by atoms with Gasteiger partial charge in [0, 0.05) is 26.1 Å². The predicted octanol–water partition coefficient (Wildman–Crippen LogP) is 2.38. The van der Waals surface area contributed by atoms with Gasteiger partial charge in [-0.1, -0.05) is 19.1 Å². The topological polar surface area (TPSA) is 79.5 Å². The Balaban J connectivity index is 1.81. The van der Waals surface area contributed by atoms with Crippen molar-refractivity contribution in [1.82, 2.24) is 16.0 Å². The number of rotatable bonds is 8. The molecular weight excluding hydrogens is 349 g/mol. The van der Waals surface area contributed by atoms with Crippen molar-refractivity contribution in [3.8, 4) is 0 Å². The van der Waals surface area contributed by atoms with Crippen molar-refractivity contribution in [2.75, 3.05) is 20.2 Å². The van der Waals surface area contributed by atoms with E-state index >= 15 is 0 Å². The van der Waals surface area contributed by atoms with Crippen molar-refractivity contribution < 1.29 is 18.7 Å². The van der Waals surface area contributed by atoms with Gasteiger partial charge in [-0.05, 0) is 49.8 Å². The first-order valence-corrected chi connectivity index (χ1v) is 9.62. The minimum absolute atomic E-state index is 0.00701. The summed E-state index contributed by atoms with van der Waals surface area (Å²) >= 11 is 0. The van der Waals surface area contributed by atoms with Crippen LogP contribution in [0.1, 0.15) is 38.2 Å². The van der Waals surface area contributed by atoms with Gasteiger partial charge in [-0.2, -0.15) is 0 Å². The minimum atomic E-state index is -0.265. The molecule has 27 heavy (non-hydrogen) atoms. The number of hydrogen-bond donors (Lipinski definition) is 3. The van der Waals surface area contributed by atoms with E-state index in [2.05, 4.69) is 16.0 Å². The Kier molecular flexibility index (Phi) is 8.51. The third kappa shape index (κ3) is 6.82. The van der Waals surface area contributed by atoms with Crippen LogP contribution in [0, 0.1) is 11.7 Å². The summed E-state index contributed by atoms with van der Waals surface area (Å²) in [5.41, 5.74) is 0.979. The van der Waals surface area contributed by atoms with E-state index in [1.54, 1.807) is 19.2 Å². The molecule has 0 aliphatic heterocycles. The molecule has 3 N–H and O–H groups in total. The fraction of sp³-hybridized carbons (Fsp3) is 0.600. The highest BCUT2D eigenvalue weighted by molar-refractivity contribution is 5.79. The van der Waals surface area contributed by atoms with Gasteiger partial charge in [0.25, 0.3) is 0 Å². The Morgan fingerprint density at radius 1 is 1.15 bits per heavy atom. The Bertz CT molecular complexity index is 609. The van der Waals surface area contributed by atoms with Crippen LogP contribution < -0.4 is 16.0 Å². The molecule has 0 unspecified atom stereocenters. The van der Waals surface area contributed by atoms with E-state index in [1.807, 2.05) is 6.92 Å². The Hall–Kier alpha value is -2.15. The van der Waals surface area contributed by atoms with Crippen LogP contribution in [0.4, 0.5) is 9.18 Å². The van der Waals surface area contributed by atoms with E-state index in [-0.39, 0.29) is 35.8 Å². The normalized spacial score (nSPS) is 22.1. The Morgan fingerprint density at radius 3 is 2.56 bits per heavy atom. The summed E-state index contributed by atoms with van der Waals surface area (Å²) in [6.45, 7) is 3.11. The molecule has 1 aromatic carbocycles. The van der Waals surface area contributed by atoms with E-state index in [1.165, 1.54) is 12.1 Å². The minimum Gasteiger partial charge on any atom is -0.379 e. The summed E-state index contributed by atoms with van der Waals surface area (Å²) in [4.78, 5) is 24.5. The maximum Gasteiger partial charge on any atom is 0.315 e. The summed E-state index contributed by atoms with van der Waals surface area (Å²) in [5, 5.41) is 8.68. The molecule has 0 aromatic heterocycles. The van der Waals surface area contributed by atoms with E-state index in [0.29, 0.717) is 25.9 Å². The number of amides is 3. The number of carbonyl (C=O) groups excluding carboxylic acids is 2. The molecule has 1 aliphatic carbocycles. The first-order chi connectivity index (χ1) is 13.0. The molecule has 1 aromatic rings. The summed E-state index contributed by atoms with van der Waals surface area (Å²) in [6.07, 6.45) is 3.45. The quantitative estimate of drug-likeness (QED) is 0.649. The fourth-order valence-electron chi connectivity index (χ4n) is 3.40. The van der Waals surface area contributed by atoms with Gasteiger partial charge in [-0.3, -0.25) is 4.79 Å². The zero-order chi connectivity index (χ0) is 19.6. The number of ether oxygens (including phenoxy) is 1. The van der Waals surface area contributed by atoms with Crippen LogP contribution in [0.5, 0.6) is 0 Å². The molecule has 0 spiro atoms. The molecule has 0 saturated heterocycles. The van der Waals surface area contributed by atoms with E-state index in [4.69, 9.17) is 4.74 Å². The van der Waals surface area contributed by atoms with Gasteiger partial charge < -0.3 is 20.7 Å². The number of nitrogens with one attached hydrogen (secondary N) is 3. The standard InChI is InChI=1S/C20H30FN3O3/c1-3-11-23-20(26)24-17-13-15(6-9-18(17)27-2)19(25)22-12-10-14-4-7-16(21)8-5-14/h4-5,7-8,15,17-18H,3,6,9-13H2,1-2H3,(H,22,25)(H2,23,24,26)/t15-,17+,18+/m0/s1. The Labute approximate surface area is 160 Å². The summed E-state index contributed by atoms with van der Waals surface area (Å²) in [7, 11) is 1.63. The lowest BCUT2D eigenvalue weighted by atomic mass is 9.83. The molecule has 3 amide bonds. The third-order valence-electron chi connectivity index (χ3n) is 4.94. The second-order valence-corrected chi connectivity index (χ2v) is 6.96. The van der Waals surface area contributed by atoms with Crippen LogP contribution in [0.2, 0.25) is 0 Å². The molecule has 6 nitrogen and oxygen atoms in total. The molecule has 1 fully saturated rings. The molecule has 1 saturated carbocycles. The predicted molar refractivity (Wildman–Crippen MR) is 102 cm³/mol. The van der Waals surface area contributed by atoms with Crippen LogP contribution in [0.3, 0.4) is 0 Å². The van der Waals surface area contributed by atoms with Gasteiger partial charge in [-0.15, -0.1) is 0 Å². The fourth-order valence-corrected chi connectivity index (χ4v) is 3.40. The molecule has 7 heteroatoms. The summed E-state index contributed by atoms with van der Waals surface area (Å²) in [6, 6.07) is 5.88. The van der Waals surface area contributed by atoms with Crippen molar-refractivity contribution in [3.05, 3.63) is 35.6 Å².